The number of carboxylic acid groups (broad SMARTS) is 1. The number of hydrogen-bond donors (Lipinski definition) is 1. The van der Waals surface area contributed by atoms with Gasteiger partial charge >= 0.3 is 5.97 Å². The molecule has 0 aromatic rings. The van der Waals surface area contributed by atoms with E-state index < -0.39 is 22.1 Å². The molecular formula is C11H22O2Si2. The van der Waals surface area contributed by atoms with E-state index in [2.05, 4.69) is 45.0 Å². The number of rotatable bonds is 4. The maximum atomic E-state index is 10.7. The predicted molar refractivity (Wildman–Crippen MR) is 71.6 cm³/mol. The number of allylic oxidation sites excluding steroid dienone is 2. The minimum absolute atomic E-state index is 0.840. The first-order valence-corrected chi connectivity index (χ1v) is 12.2. The summed E-state index contributed by atoms with van der Waals surface area (Å²) in [6.07, 6.45) is 3.40. The summed E-state index contributed by atoms with van der Waals surface area (Å²) in [5.74, 6) is -0.840. The monoisotopic (exact) mass is 242 g/mol. The van der Waals surface area contributed by atoms with Gasteiger partial charge in [0.2, 0.25) is 0 Å². The van der Waals surface area contributed by atoms with E-state index in [-0.39, 0.29) is 0 Å². The second kappa shape index (κ2) is 4.94. The fourth-order valence-electron chi connectivity index (χ4n) is 0.987. The van der Waals surface area contributed by atoms with Crippen LogP contribution in [0.5, 0.6) is 0 Å². The Hall–Kier alpha value is -0.616. The molecule has 0 aliphatic rings. The number of aliphatic carboxylic acids is 1. The molecule has 0 fully saturated rings. The molecule has 0 bridgehead atoms. The zero-order valence-electron chi connectivity index (χ0n) is 10.6. The average molecular weight is 242 g/mol. The molecule has 0 atom stereocenters. The third-order valence-electron chi connectivity index (χ3n) is 1.91. The first-order chi connectivity index (χ1) is 6.52. The van der Waals surface area contributed by atoms with E-state index in [0.717, 1.165) is 5.20 Å². The number of hydrogen-bond acceptors (Lipinski definition) is 1. The first kappa shape index (κ1) is 14.4. The Kier molecular flexibility index (Phi) is 4.74. The van der Waals surface area contributed by atoms with Gasteiger partial charge in [0.1, 0.15) is 0 Å². The van der Waals surface area contributed by atoms with E-state index in [9.17, 15) is 4.79 Å². The summed E-state index contributed by atoms with van der Waals surface area (Å²) in [5, 5.41) is 9.81. The standard InChI is InChI=1S/C11H22O2Si2/c1-14(2,3)8-7-10(9-11(12)13)15(4,5)6/h7-9H,1-6H3,(H,12,13)/b8-7+,10-9+. The van der Waals surface area contributed by atoms with Gasteiger partial charge in [-0.2, -0.15) is 0 Å². The van der Waals surface area contributed by atoms with E-state index in [1.807, 2.05) is 6.08 Å². The molecule has 4 heteroatoms. The van der Waals surface area contributed by atoms with Crippen LogP contribution in [0.2, 0.25) is 39.3 Å². The van der Waals surface area contributed by atoms with Crippen molar-refractivity contribution in [2.45, 2.75) is 39.3 Å². The second-order valence-electron chi connectivity index (χ2n) is 5.89. The molecule has 0 spiro atoms. The van der Waals surface area contributed by atoms with E-state index in [4.69, 9.17) is 5.11 Å². The van der Waals surface area contributed by atoms with Crippen LogP contribution in [0.3, 0.4) is 0 Å². The van der Waals surface area contributed by atoms with E-state index in [1.165, 1.54) is 6.08 Å². The molecule has 0 amide bonds. The Balaban J connectivity index is 5.01. The Morgan fingerprint density at radius 2 is 1.53 bits per heavy atom. The van der Waals surface area contributed by atoms with Crippen LogP contribution in [0.4, 0.5) is 0 Å². The Morgan fingerprint density at radius 3 is 1.80 bits per heavy atom. The largest absolute Gasteiger partial charge is 0.478 e. The summed E-state index contributed by atoms with van der Waals surface area (Å²) in [4.78, 5) is 10.7. The molecule has 86 valence electrons. The van der Waals surface area contributed by atoms with Crippen molar-refractivity contribution in [2.75, 3.05) is 0 Å². The molecule has 0 heterocycles. The summed E-state index contributed by atoms with van der Waals surface area (Å²) in [6, 6.07) is 0. The van der Waals surface area contributed by atoms with E-state index in [0.29, 0.717) is 0 Å². The van der Waals surface area contributed by atoms with E-state index in [1.54, 1.807) is 0 Å². The fourth-order valence-corrected chi connectivity index (χ4v) is 2.97. The maximum absolute atomic E-state index is 10.7. The molecule has 0 aliphatic heterocycles. The molecule has 0 saturated carbocycles. The summed E-state index contributed by atoms with van der Waals surface area (Å²) < 4.78 is 0. The highest BCUT2D eigenvalue weighted by Gasteiger charge is 2.19. The topological polar surface area (TPSA) is 37.3 Å². The van der Waals surface area contributed by atoms with Crippen molar-refractivity contribution in [1.82, 2.24) is 0 Å². The van der Waals surface area contributed by atoms with Crippen molar-refractivity contribution in [3.05, 3.63) is 23.0 Å². The van der Waals surface area contributed by atoms with Crippen molar-refractivity contribution in [3.8, 4) is 0 Å². The summed E-state index contributed by atoms with van der Waals surface area (Å²) in [6.45, 7) is 13.2. The molecule has 0 rings (SSSR count). The third kappa shape index (κ3) is 7.33. The highest BCUT2D eigenvalue weighted by molar-refractivity contribution is 6.85. The maximum Gasteiger partial charge on any atom is 0.328 e. The van der Waals surface area contributed by atoms with Crippen LogP contribution in [-0.4, -0.2) is 27.2 Å². The zero-order valence-corrected chi connectivity index (χ0v) is 12.6. The van der Waals surface area contributed by atoms with Crippen LogP contribution < -0.4 is 0 Å². The first-order valence-electron chi connectivity index (χ1n) is 5.17. The van der Waals surface area contributed by atoms with Gasteiger partial charge in [0.15, 0.2) is 0 Å². The number of carboxylic acids is 1. The SMILES string of the molecule is C[Si](C)(C)/C=C/C(=C\C(=O)O)[Si](C)(C)C. The van der Waals surface area contributed by atoms with Crippen LogP contribution in [0.15, 0.2) is 23.0 Å². The Morgan fingerprint density at radius 1 is 1.07 bits per heavy atom. The Labute approximate surface area is 94.7 Å². The van der Waals surface area contributed by atoms with Gasteiger partial charge in [0, 0.05) is 6.08 Å². The molecule has 0 aromatic heterocycles. The van der Waals surface area contributed by atoms with Crippen molar-refractivity contribution >= 4 is 22.1 Å². The highest BCUT2D eigenvalue weighted by Crippen LogP contribution is 2.17. The lowest BCUT2D eigenvalue weighted by Gasteiger charge is -2.18. The zero-order chi connectivity index (χ0) is 12.3. The van der Waals surface area contributed by atoms with Crippen molar-refractivity contribution in [2.24, 2.45) is 0 Å². The minimum atomic E-state index is -1.53. The van der Waals surface area contributed by atoms with Crippen LogP contribution in [0.1, 0.15) is 0 Å². The van der Waals surface area contributed by atoms with Crippen LogP contribution in [-0.2, 0) is 4.79 Å². The van der Waals surface area contributed by atoms with Gasteiger partial charge < -0.3 is 5.11 Å². The second-order valence-corrected chi connectivity index (χ2v) is 16.0. The van der Waals surface area contributed by atoms with Crippen molar-refractivity contribution in [1.29, 1.82) is 0 Å². The molecule has 0 unspecified atom stereocenters. The normalized spacial score (nSPS) is 14.7. The van der Waals surface area contributed by atoms with Crippen LogP contribution >= 0.6 is 0 Å². The molecule has 1 N–H and O–H groups in total. The van der Waals surface area contributed by atoms with Gasteiger partial charge in [-0.05, 0) is 0 Å². The lowest BCUT2D eigenvalue weighted by atomic mass is 10.5. The predicted octanol–water partition coefficient (Wildman–Crippen LogP) is 3.31. The molecule has 0 radical (unpaired) electrons. The average Bonchev–Trinajstić information content (AvgIpc) is 1.93. The molecule has 15 heavy (non-hydrogen) atoms. The molecule has 0 aromatic carbocycles. The fraction of sp³-hybridized carbons (Fsp3) is 0.545. The molecular weight excluding hydrogens is 220 g/mol. The molecule has 0 aliphatic carbocycles. The van der Waals surface area contributed by atoms with Gasteiger partial charge in [-0.3, -0.25) is 0 Å². The van der Waals surface area contributed by atoms with Crippen LogP contribution in [0.25, 0.3) is 0 Å². The van der Waals surface area contributed by atoms with Gasteiger partial charge in [-0.25, -0.2) is 4.79 Å². The smallest absolute Gasteiger partial charge is 0.328 e. The highest BCUT2D eigenvalue weighted by atomic mass is 28.3. The van der Waals surface area contributed by atoms with Gasteiger partial charge in [0.25, 0.3) is 0 Å². The quantitative estimate of drug-likeness (QED) is 0.466. The van der Waals surface area contributed by atoms with E-state index >= 15 is 0 Å². The lowest BCUT2D eigenvalue weighted by Crippen LogP contribution is -2.25. The molecule has 0 saturated heterocycles. The Bertz CT molecular complexity index is 291. The minimum Gasteiger partial charge on any atom is -0.478 e. The van der Waals surface area contributed by atoms with Crippen LogP contribution in [0, 0.1) is 0 Å². The summed E-state index contributed by atoms with van der Waals surface area (Å²) in [5.41, 5.74) is 2.21. The van der Waals surface area contributed by atoms with Gasteiger partial charge in [-0.15, -0.1) is 0 Å². The third-order valence-corrected chi connectivity index (χ3v) is 5.12. The van der Waals surface area contributed by atoms with Gasteiger partial charge in [0.05, 0.1) is 16.1 Å². The van der Waals surface area contributed by atoms with Crippen molar-refractivity contribution in [3.63, 3.8) is 0 Å². The van der Waals surface area contributed by atoms with Gasteiger partial charge in [-0.1, -0.05) is 56.3 Å². The molecule has 2 nitrogen and oxygen atoms in total. The lowest BCUT2D eigenvalue weighted by molar-refractivity contribution is -0.131. The summed E-state index contributed by atoms with van der Waals surface area (Å²) >= 11 is 0. The summed E-state index contributed by atoms with van der Waals surface area (Å²) in [7, 11) is -2.78. The van der Waals surface area contributed by atoms with Crippen molar-refractivity contribution < 1.29 is 9.90 Å². The number of carbonyl (C=O) groups is 1.